The summed E-state index contributed by atoms with van der Waals surface area (Å²) in [5, 5.41) is 2.49. The Labute approximate surface area is 137 Å². The van der Waals surface area contributed by atoms with E-state index in [1.807, 2.05) is 7.05 Å². The van der Waals surface area contributed by atoms with Crippen LogP contribution in [0.3, 0.4) is 0 Å². The van der Waals surface area contributed by atoms with Crippen molar-refractivity contribution in [3.8, 4) is 0 Å². The molecule has 0 saturated carbocycles. The molecule has 2 aromatic rings. The van der Waals surface area contributed by atoms with E-state index in [0.29, 0.717) is 18.3 Å². The highest BCUT2D eigenvalue weighted by molar-refractivity contribution is 6.04. The van der Waals surface area contributed by atoms with Crippen LogP contribution in [0.1, 0.15) is 27.2 Å². The van der Waals surface area contributed by atoms with Crippen molar-refractivity contribution in [3.05, 3.63) is 58.2 Å². The van der Waals surface area contributed by atoms with E-state index in [-0.39, 0.29) is 0 Å². The Morgan fingerprint density at radius 3 is 2.75 bits per heavy atom. The lowest BCUT2D eigenvalue weighted by Crippen LogP contribution is -2.27. The lowest BCUT2D eigenvalue weighted by Gasteiger charge is -2.24. The molecule has 4 nitrogen and oxygen atoms in total. The maximum atomic E-state index is 14.0. The first kappa shape index (κ1) is 16.4. The summed E-state index contributed by atoms with van der Waals surface area (Å²) in [5.74, 6) is -4.47. The molecule has 0 saturated heterocycles. The summed E-state index contributed by atoms with van der Waals surface area (Å²) in [6.07, 6.45) is 2.30. The molecule has 0 atom stereocenters. The third kappa shape index (κ3) is 2.99. The Kier molecular flexibility index (Phi) is 4.28. The van der Waals surface area contributed by atoms with E-state index in [0.717, 1.165) is 31.1 Å². The van der Waals surface area contributed by atoms with E-state index in [1.54, 1.807) is 6.07 Å². The molecule has 0 radical (unpaired) electrons. The van der Waals surface area contributed by atoms with E-state index in [4.69, 9.17) is 0 Å². The van der Waals surface area contributed by atoms with E-state index >= 15 is 0 Å². The van der Waals surface area contributed by atoms with Crippen molar-refractivity contribution in [2.24, 2.45) is 0 Å². The predicted octanol–water partition coefficient (Wildman–Crippen LogP) is 3.05. The molecule has 0 unspecified atom stereocenters. The smallest absolute Gasteiger partial charge is 0.258 e. The third-order valence-corrected chi connectivity index (χ3v) is 4.11. The van der Waals surface area contributed by atoms with Crippen LogP contribution < -0.4 is 5.32 Å². The first-order chi connectivity index (χ1) is 11.4. The van der Waals surface area contributed by atoms with Crippen LogP contribution >= 0.6 is 0 Å². The maximum Gasteiger partial charge on any atom is 0.258 e. The van der Waals surface area contributed by atoms with Crippen LogP contribution in [0.2, 0.25) is 0 Å². The molecule has 126 valence electrons. The van der Waals surface area contributed by atoms with E-state index in [1.165, 1.54) is 6.20 Å². The first-order valence-electron chi connectivity index (χ1n) is 7.48. The number of pyridine rings is 1. The van der Waals surface area contributed by atoms with Crippen molar-refractivity contribution >= 4 is 11.6 Å². The van der Waals surface area contributed by atoms with Crippen molar-refractivity contribution in [3.63, 3.8) is 0 Å². The molecule has 7 heteroatoms. The number of halogens is 3. The summed E-state index contributed by atoms with van der Waals surface area (Å²) < 4.78 is 40.8. The zero-order valence-electron chi connectivity index (χ0n) is 13.3. The van der Waals surface area contributed by atoms with Crippen molar-refractivity contribution in [1.82, 2.24) is 9.88 Å². The minimum atomic E-state index is -1.29. The summed E-state index contributed by atoms with van der Waals surface area (Å²) in [5.41, 5.74) is 1.26. The number of rotatable bonds is 2. The van der Waals surface area contributed by atoms with Crippen molar-refractivity contribution in [2.75, 3.05) is 18.9 Å². The molecule has 1 aliphatic heterocycles. The van der Waals surface area contributed by atoms with Crippen molar-refractivity contribution in [1.29, 1.82) is 0 Å². The van der Waals surface area contributed by atoms with Crippen LogP contribution in [-0.4, -0.2) is 29.4 Å². The number of hydrogen-bond acceptors (Lipinski definition) is 3. The minimum absolute atomic E-state index is 0.385. The lowest BCUT2D eigenvalue weighted by molar-refractivity contribution is 0.102. The monoisotopic (exact) mass is 335 g/mol. The SMILES string of the molecule is Cc1c(F)c(F)cc(C(=O)Nc2cnc3c(c2)CN(C)CC3)c1F. The second-order valence-electron chi connectivity index (χ2n) is 5.93. The van der Waals surface area contributed by atoms with E-state index < -0.39 is 34.5 Å². The van der Waals surface area contributed by atoms with Crippen LogP contribution in [0, 0.1) is 24.4 Å². The van der Waals surface area contributed by atoms with Crippen LogP contribution in [0.15, 0.2) is 18.3 Å². The summed E-state index contributed by atoms with van der Waals surface area (Å²) in [6, 6.07) is 2.33. The topological polar surface area (TPSA) is 45.2 Å². The lowest BCUT2D eigenvalue weighted by atomic mass is 10.1. The van der Waals surface area contributed by atoms with Gasteiger partial charge in [0.15, 0.2) is 11.6 Å². The van der Waals surface area contributed by atoms with Gasteiger partial charge in [0.2, 0.25) is 0 Å². The molecule has 1 aromatic heterocycles. The van der Waals surface area contributed by atoms with Crippen molar-refractivity contribution in [2.45, 2.75) is 19.9 Å². The number of nitrogens with zero attached hydrogens (tertiary/aromatic N) is 2. The Balaban J connectivity index is 1.87. The standard InChI is InChI=1S/C17H16F3N3O/c1-9-15(19)12(6-13(18)16(9)20)17(24)22-11-5-10-8-23(2)4-3-14(10)21-7-11/h5-7H,3-4,8H2,1-2H3,(H,22,24). The van der Waals surface area contributed by atoms with Gasteiger partial charge in [-0.25, -0.2) is 13.2 Å². The largest absolute Gasteiger partial charge is 0.320 e. The van der Waals surface area contributed by atoms with Crippen LogP contribution in [0.5, 0.6) is 0 Å². The fourth-order valence-electron chi connectivity index (χ4n) is 2.73. The molecule has 3 rings (SSSR count). The molecule has 1 N–H and O–H groups in total. The third-order valence-electron chi connectivity index (χ3n) is 4.11. The highest BCUT2D eigenvalue weighted by Gasteiger charge is 2.21. The van der Waals surface area contributed by atoms with Gasteiger partial charge in [0.05, 0.1) is 17.4 Å². The molecule has 0 fully saturated rings. The number of aromatic nitrogens is 1. The van der Waals surface area contributed by atoms with Gasteiger partial charge >= 0.3 is 0 Å². The molecule has 0 spiro atoms. The van der Waals surface area contributed by atoms with Gasteiger partial charge in [-0.2, -0.15) is 0 Å². The molecule has 0 aliphatic carbocycles. The fourth-order valence-corrected chi connectivity index (χ4v) is 2.73. The summed E-state index contributed by atoms with van der Waals surface area (Å²) in [4.78, 5) is 18.6. The number of carbonyl (C=O) groups excluding carboxylic acids is 1. The number of nitrogens with one attached hydrogen (secondary N) is 1. The Bertz CT molecular complexity index is 823. The van der Waals surface area contributed by atoms with Gasteiger partial charge in [-0.05, 0) is 31.7 Å². The molecule has 2 heterocycles. The van der Waals surface area contributed by atoms with Gasteiger partial charge in [0.25, 0.3) is 5.91 Å². The molecule has 1 amide bonds. The Morgan fingerprint density at radius 1 is 1.25 bits per heavy atom. The molecular formula is C17H16F3N3O. The number of carbonyl (C=O) groups is 1. The van der Waals surface area contributed by atoms with E-state index in [2.05, 4.69) is 15.2 Å². The zero-order valence-corrected chi connectivity index (χ0v) is 13.3. The summed E-state index contributed by atoms with van der Waals surface area (Å²) in [6.45, 7) is 2.69. The van der Waals surface area contributed by atoms with Crippen LogP contribution in [-0.2, 0) is 13.0 Å². The number of amides is 1. The zero-order chi connectivity index (χ0) is 17.4. The first-order valence-corrected chi connectivity index (χ1v) is 7.48. The highest BCUT2D eigenvalue weighted by Crippen LogP contribution is 2.22. The van der Waals surface area contributed by atoms with Crippen molar-refractivity contribution < 1.29 is 18.0 Å². The minimum Gasteiger partial charge on any atom is -0.320 e. The highest BCUT2D eigenvalue weighted by atomic mass is 19.2. The molecule has 1 aliphatic rings. The number of fused-ring (bicyclic) bond motifs is 1. The molecule has 0 bridgehead atoms. The van der Waals surface area contributed by atoms with E-state index in [9.17, 15) is 18.0 Å². The molecule has 24 heavy (non-hydrogen) atoms. The quantitative estimate of drug-likeness (QED) is 0.858. The average Bonchev–Trinajstić information content (AvgIpc) is 2.55. The molecular weight excluding hydrogens is 319 g/mol. The van der Waals surface area contributed by atoms with Gasteiger partial charge in [-0.15, -0.1) is 0 Å². The number of likely N-dealkylation sites (N-methyl/N-ethyl adjacent to an activating group) is 1. The van der Waals surface area contributed by atoms with Gasteiger partial charge in [-0.3, -0.25) is 9.78 Å². The van der Waals surface area contributed by atoms with Crippen LogP contribution in [0.25, 0.3) is 0 Å². The fraction of sp³-hybridized carbons (Fsp3) is 0.294. The predicted molar refractivity (Wildman–Crippen MR) is 83.3 cm³/mol. The second-order valence-corrected chi connectivity index (χ2v) is 5.93. The molecule has 1 aromatic carbocycles. The Morgan fingerprint density at radius 2 is 2.00 bits per heavy atom. The average molecular weight is 335 g/mol. The second kappa shape index (κ2) is 6.24. The van der Waals surface area contributed by atoms with Gasteiger partial charge in [0, 0.05) is 30.8 Å². The van der Waals surface area contributed by atoms with Gasteiger partial charge in [0.1, 0.15) is 5.82 Å². The number of anilines is 1. The Hall–Kier alpha value is -2.41. The maximum absolute atomic E-state index is 14.0. The summed E-state index contributed by atoms with van der Waals surface area (Å²) in [7, 11) is 1.98. The van der Waals surface area contributed by atoms with Gasteiger partial charge in [-0.1, -0.05) is 0 Å². The number of benzene rings is 1. The normalized spacial score (nSPS) is 14.4. The summed E-state index contributed by atoms with van der Waals surface area (Å²) >= 11 is 0. The number of hydrogen-bond donors (Lipinski definition) is 1. The van der Waals surface area contributed by atoms with Crippen LogP contribution in [0.4, 0.5) is 18.9 Å². The van der Waals surface area contributed by atoms with Gasteiger partial charge < -0.3 is 10.2 Å².